The van der Waals surface area contributed by atoms with Crippen LogP contribution in [0.5, 0.6) is 0 Å². The molecule has 1 amide bonds. The molecule has 0 aliphatic heterocycles. The van der Waals surface area contributed by atoms with Gasteiger partial charge in [-0.05, 0) is 26.2 Å². The lowest BCUT2D eigenvalue weighted by Gasteiger charge is -1.99. The van der Waals surface area contributed by atoms with Crippen LogP contribution in [0.3, 0.4) is 0 Å². The maximum atomic E-state index is 11.2. The number of aliphatic hydroxyl groups is 1. The zero-order chi connectivity index (χ0) is 16.6. The monoisotopic (exact) mass is 307 g/mol. The van der Waals surface area contributed by atoms with Crippen molar-refractivity contribution >= 4 is 11.9 Å². The molecule has 122 valence electrons. The van der Waals surface area contributed by atoms with Crippen molar-refractivity contribution in [2.24, 2.45) is 0 Å². The number of aliphatic carboxylic acids is 1. The highest BCUT2D eigenvalue weighted by molar-refractivity contribution is 5.87. The number of hydrogen-bond donors (Lipinski definition) is 3. The summed E-state index contributed by atoms with van der Waals surface area (Å²) in [5, 5.41) is 20.0. The molecule has 0 fully saturated rings. The van der Waals surface area contributed by atoms with Crippen LogP contribution in [0, 0.1) is 0 Å². The summed E-state index contributed by atoms with van der Waals surface area (Å²) in [5.41, 5.74) is 0. The molecule has 0 saturated carbocycles. The van der Waals surface area contributed by atoms with E-state index >= 15 is 0 Å². The van der Waals surface area contributed by atoms with Crippen molar-refractivity contribution in [1.29, 1.82) is 0 Å². The molecule has 5 nitrogen and oxygen atoms in total. The lowest BCUT2D eigenvalue weighted by atomic mass is 10.1. The molecular weight excluding hydrogens is 282 g/mol. The standard InChI is InChI=1S/C17H25NO4/c1-15(19)11-9-7-5-3-2-4-6-8-10-12-16(20)18-14-13-17(21)22/h2-6,8,10,12,15,19H,7,9,11,13-14H2,1H3,(H,18,20)(H,21,22)/b4-2+,5-3+,8-6+,12-10+/t15-/m1/s1. The van der Waals surface area contributed by atoms with Gasteiger partial charge in [0.1, 0.15) is 0 Å². The molecule has 0 saturated heterocycles. The highest BCUT2D eigenvalue weighted by Gasteiger charge is 1.97. The fourth-order valence-electron chi connectivity index (χ4n) is 1.46. The van der Waals surface area contributed by atoms with Gasteiger partial charge >= 0.3 is 5.97 Å². The van der Waals surface area contributed by atoms with Crippen molar-refractivity contribution in [3.63, 3.8) is 0 Å². The van der Waals surface area contributed by atoms with E-state index in [0.717, 1.165) is 19.3 Å². The molecule has 0 bridgehead atoms. The molecule has 0 heterocycles. The van der Waals surface area contributed by atoms with Gasteiger partial charge in [-0.3, -0.25) is 9.59 Å². The summed E-state index contributed by atoms with van der Waals surface area (Å²) < 4.78 is 0. The summed E-state index contributed by atoms with van der Waals surface area (Å²) in [7, 11) is 0. The molecule has 0 aromatic carbocycles. The number of unbranched alkanes of at least 4 members (excludes halogenated alkanes) is 1. The number of carboxylic acid groups (broad SMARTS) is 1. The number of aliphatic hydroxyl groups excluding tert-OH is 1. The van der Waals surface area contributed by atoms with E-state index < -0.39 is 5.97 Å². The summed E-state index contributed by atoms with van der Waals surface area (Å²) in [4.78, 5) is 21.5. The first-order valence-electron chi connectivity index (χ1n) is 7.36. The van der Waals surface area contributed by atoms with Gasteiger partial charge in [0.25, 0.3) is 0 Å². The molecule has 0 spiro atoms. The van der Waals surface area contributed by atoms with E-state index in [2.05, 4.69) is 5.32 Å². The summed E-state index contributed by atoms with van der Waals surface area (Å²) >= 11 is 0. The second kappa shape index (κ2) is 13.8. The number of hydrogen-bond acceptors (Lipinski definition) is 3. The molecule has 0 rings (SSSR count). The largest absolute Gasteiger partial charge is 0.481 e. The third kappa shape index (κ3) is 15.9. The Labute approximate surface area is 131 Å². The molecule has 3 N–H and O–H groups in total. The summed E-state index contributed by atoms with van der Waals surface area (Å²) in [6, 6.07) is 0. The topological polar surface area (TPSA) is 86.6 Å². The Bertz CT molecular complexity index is 434. The maximum absolute atomic E-state index is 11.2. The molecule has 1 atom stereocenters. The smallest absolute Gasteiger partial charge is 0.305 e. The normalized spacial score (nSPS) is 13.5. The van der Waals surface area contributed by atoms with E-state index in [9.17, 15) is 9.59 Å². The SMILES string of the molecule is C[C@@H](O)CCC/C=C/C=C/C=C/C=C/C(=O)NCCC(=O)O. The molecule has 0 aromatic rings. The first-order chi connectivity index (χ1) is 10.5. The van der Waals surface area contributed by atoms with Gasteiger partial charge in [0.15, 0.2) is 0 Å². The van der Waals surface area contributed by atoms with Crippen LogP contribution >= 0.6 is 0 Å². The van der Waals surface area contributed by atoms with Gasteiger partial charge in [0, 0.05) is 12.6 Å². The predicted octanol–water partition coefficient (Wildman–Crippen LogP) is 2.35. The summed E-state index contributed by atoms with van der Waals surface area (Å²) in [6.45, 7) is 1.91. The lowest BCUT2D eigenvalue weighted by Crippen LogP contribution is -2.23. The minimum atomic E-state index is -0.937. The van der Waals surface area contributed by atoms with Crippen LogP contribution in [0.15, 0.2) is 48.6 Å². The van der Waals surface area contributed by atoms with E-state index in [4.69, 9.17) is 10.2 Å². The number of amides is 1. The van der Waals surface area contributed by atoms with E-state index in [1.165, 1.54) is 6.08 Å². The van der Waals surface area contributed by atoms with Gasteiger partial charge in [0.2, 0.25) is 5.91 Å². The summed E-state index contributed by atoms with van der Waals surface area (Å²) in [5.74, 6) is -1.25. The van der Waals surface area contributed by atoms with Crippen molar-refractivity contribution in [3.8, 4) is 0 Å². The summed E-state index contributed by atoms with van der Waals surface area (Å²) in [6.07, 6.45) is 16.6. The Morgan fingerprint density at radius 1 is 1.09 bits per heavy atom. The van der Waals surface area contributed by atoms with Crippen LogP contribution in [0.25, 0.3) is 0 Å². The minimum absolute atomic E-state index is 0.0816. The van der Waals surface area contributed by atoms with Crippen LogP contribution < -0.4 is 5.32 Å². The van der Waals surface area contributed by atoms with Gasteiger partial charge in [0.05, 0.1) is 12.5 Å². The zero-order valence-electron chi connectivity index (χ0n) is 12.9. The Balaban J connectivity index is 3.73. The fourth-order valence-corrected chi connectivity index (χ4v) is 1.46. The maximum Gasteiger partial charge on any atom is 0.305 e. The van der Waals surface area contributed by atoms with Crippen molar-refractivity contribution in [2.45, 2.75) is 38.7 Å². The minimum Gasteiger partial charge on any atom is -0.481 e. The van der Waals surface area contributed by atoms with Crippen LogP contribution in [-0.4, -0.2) is 34.7 Å². The van der Waals surface area contributed by atoms with E-state index in [-0.39, 0.29) is 25.0 Å². The van der Waals surface area contributed by atoms with Gasteiger partial charge in [-0.1, -0.05) is 42.5 Å². The van der Waals surface area contributed by atoms with Crippen molar-refractivity contribution in [1.82, 2.24) is 5.32 Å². The molecule has 0 aliphatic carbocycles. The molecular formula is C17H25NO4. The molecule has 0 aliphatic rings. The average molecular weight is 307 g/mol. The van der Waals surface area contributed by atoms with Gasteiger partial charge in [-0.2, -0.15) is 0 Å². The van der Waals surface area contributed by atoms with E-state index in [0.29, 0.717) is 0 Å². The highest BCUT2D eigenvalue weighted by Crippen LogP contribution is 2.00. The second-order valence-corrected chi connectivity index (χ2v) is 4.77. The first-order valence-corrected chi connectivity index (χ1v) is 7.36. The third-order valence-corrected chi connectivity index (χ3v) is 2.57. The Hall–Kier alpha value is -2.14. The second-order valence-electron chi connectivity index (χ2n) is 4.77. The quantitative estimate of drug-likeness (QED) is 0.311. The Kier molecular flexibility index (Phi) is 12.5. The van der Waals surface area contributed by atoms with Crippen molar-refractivity contribution in [3.05, 3.63) is 48.6 Å². The van der Waals surface area contributed by atoms with Crippen LogP contribution in [0.1, 0.15) is 32.6 Å². The van der Waals surface area contributed by atoms with Gasteiger partial charge < -0.3 is 15.5 Å². The van der Waals surface area contributed by atoms with Crippen LogP contribution in [0.4, 0.5) is 0 Å². The number of rotatable bonds is 11. The molecule has 5 heteroatoms. The van der Waals surface area contributed by atoms with Gasteiger partial charge in [-0.25, -0.2) is 0 Å². The van der Waals surface area contributed by atoms with Crippen molar-refractivity contribution < 1.29 is 19.8 Å². The lowest BCUT2D eigenvalue weighted by molar-refractivity contribution is -0.136. The third-order valence-electron chi connectivity index (χ3n) is 2.57. The number of carbonyl (C=O) groups excluding carboxylic acids is 1. The van der Waals surface area contributed by atoms with Crippen LogP contribution in [0.2, 0.25) is 0 Å². The van der Waals surface area contributed by atoms with Gasteiger partial charge in [-0.15, -0.1) is 0 Å². The number of carboxylic acids is 1. The Morgan fingerprint density at radius 3 is 2.36 bits per heavy atom. The van der Waals surface area contributed by atoms with E-state index in [1.807, 2.05) is 24.3 Å². The molecule has 0 unspecified atom stereocenters. The number of nitrogens with one attached hydrogen (secondary N) is 1. The van der Waals surface area contributed by atoms with Crippen molar-refractivity contribution in [2.75, 3.05) is 6.54 Å². The van der Waals surface area contributed by atoms with E-state index in [1.54, 1.807) is 25.2 Å². The molecule has 22 heavy (non-hydrogen) atoms. The number of carbonyl (C=O) groups is 2. The molecule has 0 radical (unpaired) electrons. The zero-order valence-corrected chi connectivity index (χ0v) is 12.9. The first kappa shape index (κ1) is 19.9. The highest BCUT2D eigenvalue weighted by atomic mass is 16.4. The fraction of sp³-hybridized carbons (Fsp3) is 0.412. The van der Waals surface area contributed by atoms with Crippen LogP contribution in [-0.2, 0) is 9.59 Å². The number of allylic oxidation sites excluding steroid dienone is 7. The average Bonchev–Trinajstić information content (AvgIpc) is 2.44. The Morgan fingerprint density at radius 2 is 1.73 bits per heavy atom. The predicted molar refractivity (Wildman–Crippen MR) is 87.4 cm³/mol. The molecule has 0 aromatic heterocycles.